The number of nitrogens with zero attached hydrogens (tertiary/aromatic N) is 1. The van der Waals surface area contributed by atoms with Crippen molar-refractivity contribution in [2.45, 2.75) is 38.1 Å². The van der Waals surface area contributed by atoms with E-state index >= 15 is 0 Å². The summed E-state index contributed by atoms with van der Waals surface area (Å²) in [5.41, 5.74) is 4.22. The molecule has 1 amide bonds. The molecule has 0 spiro atoms. The number of amides is 1. The number of rotatable bonds is 3. The second-order valence-electron chi connectivity index (χ2n) is 7.16. The molecule has 3 atom stereocenters. The molecule has 1 fully saturated rings. The van der Waals surface area contributed by atoms with Crippen LogP contribution in [0.3, 0.4) is 0 Å². The van der Waals surface area contributed by atoms with E-state index in [1.54, 1.807) is 0 Å². The summed E-state index contributed by atoms with van der Waals surface area (Å²) in [6.07, 6.45) is 5.06. The van der Waals surface area contributed by atoms with Crippen LogP contribution in [-0.2, 0) is 11.2 Å². The number of carbonyl (C=O) groups is 1. The van der Waals surface area contributed by atoms with Crippen LogP contribution in [0.4, 0.5) is 0 Å². The van der Waals surface area contributed by atoms with Gasteiger partial charge >= 0.3 is 0 Å². The highest BCUT2D eigenvalue weighted by Crippen LogP contribution is 2.44. The number of H-pyrrole nitrogens is 1. The molecule has 4 heteroatoms. The summed E-state index contributed by atoms with van der Waals surface area (Å²) in [7, 11) is 2.24. The van der Waals surface area contributed by atoms with Crippen LogP contribution in [0, 0.1) is 5.92 Å². The second-order valence-corrected chi connectivity index (χ2v) is 7.16. The van der Waals surface area contributed by atoms with E-state index in [9.17, 15) is 4.79 Å². The van der Waals surface area contributed by atoms with Crippen LogP contribution in [0.15, 0.2) is 24.4 Å². The van der Waals surface area contributed by atoms with E-state index in [4.69, 9.17) is 0 Å². The molecule has 0 bridgehead atoms. The summed E-state index contributed by atoms with van der Waals surface area (Å²) < 4.78 is 0. The van der Waals surface area contributed by atoms with Crippen LogP contribution in [0.2, 0.25) is 0 Å². The number of hydrogen-bond acceptors (Lipinski definition) is 2. The Bertz CT molecular complexity index is 735. The van der Waals surface area contributed by atoms with E-state index in [2.05, 4.69) is 46.6 Å². The first-order valence-corrected chi connectivity index (χ1v) is 8.73. The van der Waals surface area contributed by atoms with Gasteiger partial charge in [0.25, 0.3) is 0 Å². The van der Waals surface area contributed by atoms with Gasteiger partial charge < -0.3 is 15.2 Å². The lowest BCUT2D eigenvalue weighted by Crippen LogP contribution is -2.50. The topological polar surface area (TPSA) is 48.1 Å². The Balaban J connectivity index is 1.62. The van der Waals surface area contributed by atoms with E-state index < -0.39 is 0 Å². The summed E-state index contributed by atoms with van der Waals surface area (Å²) in [5.74, 6) is 1.27. The summed E-state index contributed by atoms with van der Waals surface area (Å²) >= 11 is 0. The van der Waals surface area contributed by atoms with Crippen molar-refractivity contribution in [3.8, 4) is 0 Å². The summed E-state index contributed by atoms with van der Waals surface area (Å²) in [5, 5.41) is 4.53. The van der Waals surface area contributed by atoms with Gasteiger partial charge in [0.2, 0.25) is 5.91 Å². The number of likely N-dealkylation sites (tertiary alicyclic amines) is 1. The average molecular weight is 311 g/mol. The average Bonchev–Trinajstić information content (AvgIpc) is 2.98. The molecule has 4 rings (SSSR count). The maximum absolute atomic E-state index is 11.6. The lowest BCUT2D eigenvalue weighted by atomic mass is 9.72. The highest BCUT2D eigenvalue weighted by molar-refractivity contribution is 5.88. The lowest BCUT2D eigenvalue weighted by Gasteiger charge is -2.45. The van der Waals surface area contributed by atoms with Crippen molar-refractivity contribution in [1.82, 2.24) is 15.2 Å². The SMILES string of the molecule is CCC(=O)NC[C@@H]1C[C@@H]2c3cccc4[nH]cc(c34)C[C@H]2N(C)C1. The highest BCUT2D eigenvalue weighted by Gasteiger charge is 2.39. The zero-order chi connectivity index (χ0) is 16.0. The lowest BCUT2D eigenvalue weighted by molar-refractivity contribution is -0.121. The Hall–Kier alpha value is -1.81. The van der Waals surface area contributed by atoms with Crippen LogP contribution in [0.5, 0.6) is 0 Å². The Kier molecular flexibility index (Phi) is 3.64. The van der Waals surface area contributed by atoms with Crippen LogP contribution in [0.25, 0.3) is 10.9 Å². The molecule has 1 aromatic carbocycles. The van der Waals surface area contributed by atoms with Crippen molar-refractivity contribution < 1.29 is 4.79 Å². The number of hydrogen-bond donors (Lipinski definition) is 2. The van der Waals surface area contributed by atoms with Crippen molar-refractivity contribution in [1.29, 1.82) is 0 Å². The monoisotopic (exact) mass is 311 g/mol. The molecule has 1 saturated heterocycles. The fourth-order valence-corrected chi connectivity index (χ4v) is 4.59. The van der Waals surface area contributed by atoms with E-state index in [1.165, 1.54) is 28.5 Å². The molecule has 1 aliphatic heterocycles. The zero-order valence-electron chi connectivity index (χ0n) is 13.9. The van der Waals surface area contributed by atoms with Gasteiger partial charge in [0.15, 0.2) is 0 Å². The number of benzene rings is 1. The van der Waals surface area contributed by atoms with Gasteiger partial charge in [0.1, 0.15) is 0 Å². The second kappa shape index (κ2) is 5.68. The zero-order valence-corrected chi connectivity index (χ0v) is 13.9. The van der Waals surface area contributed by atoms with Gasteiger partial charge in [-0.1, -0.05) is 19.1 Å². The standard InChI is InChI=1S/C19H25N3O/c1-3-18(23)21-9-12-7-15-14-5-4-6-16-19(14)13(10-20-16)8-17(15)22(2)11-12/h4-6,10,12,15,17,20H,3,7-9,11H2,1-2H3,(H,21,23)/t12-,15+,17+/m0/s1. The predicted molar refractivity (Wildman–Crippen MR) is 92.6 cm³/mol. The van der Waals surface area contributed by atoms with Crippen molar-refractivity contribution in [3.05, 3.63) is 35.5 Å². The molecule has 2 aliphatic rings. The third-order valence-electron chi connectivity index (χ3n) is 5.72. The maximum Gasteiger partial charge on any atom is 0.219 e. The van der Waals surface area contributed by atoms with Crippen molar-refractivity contribution in [3.63, 3.8) is 0 Å². The van der Waals surface area contributed by atoms with E-state index in [1.807, 2.05) is 6.92 Å². The molecule has 1 aromatic heterocycles. The van der Waals surface area contributed by atoms with Gasteiger partial charge in [-0.2, -0.15) is 0 Å². The number of aromatic nitrogens is 1. The van der Waals surface area contributed by atoms with Crippen molar-refractivity contribution in [2.75, 3.05) is 20.1 Å². The first kappa shape index (κ1) is 14.8. The first-order chi connectivity index (χ1) is 11.2. The van der Waals surface area contributed by atoms with Gasteiger partial charge in [0.05, 0.1) is 0 Å². The van der Waals surface area contributed by atoms with Gasteiger partial charge in [-0.05, 0) is 43.0 Å². The molecule has 2 heterocycles. The Morgan fingerprint density at radius 2 is 2.30 bits per heavy atom. The maximum atomic E-state index is 11.6. The van der Waals surface area contributed by atoms with Crippen molar-refractivity contribution in [2.24, 2.45) is 5.92 Å². The normalized spacial score (nSPS) is 27.0. The molecule has 1 aliphatic carbocycles. The molecular weight excluding hydrogens is 286 g/mol. The largest absolute Gasteiger partial charge is 0.361 e. The molecule has 0 saturated carbocycles. The van der Waals surface area contributed by atoms with E-state index in [0.717, 1.165) is 19.5 Å². The van der Waals surface area contributed by atoms with Crippen LogP contribution in [-0.4, -0.2) is 42.0 Å². The van der Waals surface area contributed by atoms with E-state index in [-0.39, 0.29) is 5.91 Å². The number of likely N-dealkylation sites (N-methyl/N-ethyl adjacent to an activating group) is 1. The molecule has 0 unspecified atom stereocenters. The van der Waals surface area contributed by atoms with Gasteiger partial charge in [-0.3, -0.25) is 4.79 Å². The quantitative estimate of drug-likeness (QED) is 0.915. The smallest absolute Gasteiger partial charge is 0.219 e. The van der Waals surface area contributed by atoms with Gasteiger partial charge in [-0.15, -0.1) is 0 Å². The fourth-order valence-electron chi connectivity index (χ4n) is 4.59. The molecule has 0 radical (unpaired) electrons. The third-order valence-corrected chi connectivity index (χ3v) is 5.72. The molecule has 23 heavy (non-hydrogen) atoms. The van der Waals surface area contributed by atoms with Gasteiger partial charge in [-0.25, -0.2) is 0 Å². The minimum atomic E-state index is 0.161. The Labute approximate surface area is 137 Å². The minimum absolute atomic E-state index is 0.161. The van der Waals surface area contributed by atoms with Gasteiger partial charge in [0, 0.05) is 48.6 Å². The summed E-state index contributed by atoms with van der Waals surface area (Å²) in [6.45, 7) is 3.78. The molecule has 2 N–H and O–H groups in total. The number of nitrogens with one attached hydrogen (secondary N) is 2. The van der Waals surface area contributed by atoms with E-state index in [0.29, 0.717) is 24.3 Å². The Morgan fingerprint density at radius 1 is 1.43 bits per heavy atom. The highest BCUT2D eigenvalue weighted by atomic mass is 16.1. The summed E-state index contributed by atoms with van der Waals surface area (Å²) in [4.78, 5) is 17.5. The van der Waals surface area contributed by atoms with Crippen LogP contribution >= 0.6 is 0 Å². The fraction of sp³-hybridized carbons (Fsp3) is 0.526. The molecule has 2 aromatic rings. The third kappa shape index (κ3) is 2.45. The van der Waals surface area contributed by atoms with Crippen LogP contribution < -0.4 is 5.32 Å². The number of carbonyl (C=O) groups excluding carboxylic acids is 1. The molecule has 122 valence electrons. The number of piperidine rings is 1. The number of aromatic amines is 1. The molecule has 4 nitrogen and oxygen atoms in total. The molecular formula is C19H25N3O. The summed E-state index contributed by atoms with van der Waals surface area (Å²) in [6, 6.07) is 7.23. The first-order valence-electron chi connectivity index (χ1n) is 8.73. The van der Waals surface area contributed by atoms with Crippen molar-refractivity contribution >= 4 is 16.8 Å². The predicted octanol–water partition coefficient (Wildman–Crippen LogP) is 2.65. The Morgan fingerprint density at radius 3 is 3.13 bits per heavy atom. The van der Waals surface area contributed by atoms with Crippen LogP contribution in [0.1, 0.15) is 36.8 Å². The number of fused-ring (bicyclic) bond motifs is 2. The minimum Gasteiger partial charge on any atom is -0.361 e.